The second kappa shape index (κ2) is 2.87. The molecule has 0 nitrogen and oxygen atoms in total. The SMILES string of the molecule is C/C=C\C1=C(C)CC=C1C. The fourth-order valence-corrected chi connectivity index (χ4v) is 1.30. The summed E-state index contributed by atoms with van der Waals surface area (Å²) in [5.41, 5.74) is 4.36. The molecule has 0 fully saturated rings. The summed E-state index contributed by atoms with van der Waals surface area (Å²) in [6.07, 6.45) is 7.71. The van der Waals surface area contributed by atoms with Crippen LogP contribution in [0.3, 0.4) is 0 Å². The van der Waals surface area contributed by atoms with Crippen molar-refractivity contribution in [2.24, 2.45) is 0 Å². The molecule has 0 aliphatic heterocycles. The monoisotopic (exact) mass is 134 g/mol. The van der Waals surface area contributed by atoms with Gasteiger partial charge in [0.2, 0.25) is 0 Å². The molecule has 0 aromatic rings. The van der Waals surface area contributed by atoms with E-state index in [0.29, 0.717) is 0 Å². The average molecular weight is 134 g/mol. The molecule has 0 saturated heterocycles. The molecule has 1 aliphatic carbocycles. The van der Waals surface area contributed by atoms with Crippen molar-refractivity contribution in [1.82, 2.24) is 0 Å². The molecule has 0 heteroatoms. The van der Waals surface area contributed by atoms with E-state index in [0.717, 1.165) is 6.42 Å². The fourth-order valence-electron chi connectivity index (χ4n) is 1.30. The normalized spacial score (nSPS) is 18.9. The first-order valence-corrected chi connectivity index (χ1v) is 3.75. The molecule has 0 N–H and O–H groups in total. The summed E-state index contributed by atoms with van der Waals surface area (Å²) in [4.78, 5) is 0. The van der Waals surface area contributed by atoms with Crippen LogP contribution in [0.4, 0.5) is 0 Å². The van der Waals surface area contributed by atoms with Gasteiger partial charge in [0, 0.05) is 0 Å². The van der Waals surface area contributed by atoms with Gasteiger partial charge in [-0.3, -0.25) is 0 Å². The molecule has 0 atom stereocenters. The summed E-state index contributed by atoms with van der Waals surface area (Å²) in [6, 6.07) is 0. The molecule has 1 aliphatic rings. The highest BCUT2D eigenvalue weighted by atomic mass is 14.1. The van der Waals surface area contributed by atoms with Gasteiger partial charge < -0.3 is 0 Å². The molecule has 0 aromatic carbocycles. The van der Waals surface area contributed by atoms with Crippen molar-refractivity contribution in [3.8, 4) is 0 Å². The van der Waals surface area contributed by atoms with Crippen LogP contribution in [-0.2, 0) is 0 Å². The summed E-state index contributed by atoms with van der Waals surface area (Å²) >= 11 is 0. The first kappa shape index (κ1) is 7.33. The van der Waals surface area contributed by atoms with E-state index in [9.17, 15) is 0 Å². The van der Waals surface area contributed by atoms with Crippen LogP contribution in [0.1, 0.15) is 27.2 Å². The minimum absolute atomic E-state index is 1.14. The Hall–Kier alpha value is -0.780. The third-order valence-electron chi connectivity index (χ3n) is 1.93. The van der Waals surface area contributed by atoms with E-state index >= 15 is 0 Å². The molecule has 1 rings (SSSR count). The third kappa shape index (κ3) is 1.21. The first-order chi connectivity index (χ1) is 4.75. The van der Waals surface area contributed by atoms with Crippen LogP contribution in [0, 0.1) is 0 Å². The zero-order valence-corrected chi connectivity index (χ0v) is 6.94. The van der Waals surface area contributed by atoms with Gasteiger partial charge in [0.25, 0.3) is 0 Å². The molecule has 0 bridgehead atoms. The number of rotatable bonds is 1. The van der Waals surface area contributed by atoms with E-state index in [1.165, 1.54) is 16.7 Å². The minimum atomic E-state index is 1.14. The smallest absolute Gasteiger partial charge is 0.0127 e. The van der Waals surface area contributed by atoms with Crippen molar-refractivity contribution in [2.75, 3.05) is 0 Å². The fraction of sp³-hybridized carbons (Fsp3) is 0.400. The Morgan fingerprint density at radius 1 is 1.40 bits per heavy atom. The molecule has 0 saturated carbocycles. The molecule has 0 amide bonds. The van der Waals surface area contributed by atoms with Crippen molar-refractivity contribution in [3.63, 3.8) is 0 Å². The molecule has 0 aromatic heterocycles. The maximum Gasteiger partial charge on any atom is -0.0127 e. The van der Waals surface area contributed by atoms with Gasteiger partial charge in [0.15, 0.2) is 0 Å². The van der Waals surface area contributed by atoms with E-state index in [2.05, 4.69) is 39.0 Å². The van der Waals surface area contributed by atoms with Gasteiger partial charge in [-0.15, -0.1) is 0 Å². The van der Waals surface area contributed by atoms with Crippen molar-refractivity contribution in [3.05, 3.63) is 34.9 Å². The maximum atomic E-state index is 2.28. The summed E-state index contributed by atoms with van der Waals surface area (Å²) in [5, 5.41) is 0. The van der Waals surface area contributed by atoms with Gasteiger partial charge in [0.1, 0.15) is 0 Å². The Morgan fingerprint density at radius 3 is 2.50 bits per heavy atom. The lowest BCUT2D eigenvalue weighted by Crippen LogP contribution is -1.77. The third-order valence-corrected chi connectivity index (χ3v) is 1.93. The van der Waals surface area contributed by atoms with Crippen LogP contribution in [0.5, 0.6) is 0 Å². The Kier molecular flexibility index (Phi) is 2.10. The Balaban J connectivity index is 2.89. The minimum Gasteiger partial charge on any atom is -0.0871 e. The molecule has 0 unspecified atom stereocenters. The van der Waals surface area contributed by atoms with Crippen molar-refractivity contribution in [2.45, 2.75) is 27.2 Å². The van der Waals surface area contributed by atoms with Crippen LogP contribution < -0.4 is 0 Å². The van der Waals surface area contributed by atoms with E-state index in [1.54, 1.807) is 0 Å². The van der Waals surface area contributed by atoms with Crippen LogP contribution >= 0.6 is 0 Å². The molecular weight excluding hydrogens is 120 g/mol. The molecular formula is C10H14. The largest absolute Gasteiger partial charge is 0.0871 e. The van der Waals surface area contributed by atoms with Gasteiger partial charge in [0.05, 0.1) is 0 Å². The zero-order chi connectivity index (χ0) is 7.56. The number of hydrogen-bond acceptors (Lipinski definition) is 0. The van der Waals surface area contributed by atoms with Crippen LogP contribution in [0.2, 0.25) is 0 Å². The van der Waals surface area contributed by atoms with Gasteiger partial charge >= 0.3 is 0 Å². The standard InChI is InChI=1S/C10H14/c1-4-5-10-8(2)6-7-9(10)3/h4-6H,7H2,1-3H3/b5-4-. The van der Waals surface area contributed by atoms with E-state index in [-0.39, 0.29) is 0 Å². The molecule has 0 heterocycles. The Morgan fingerprint density at radius 2 is 2.10 bits per heavy atom. The van der Waals surface area contributed by atoms with E-state index < -0.39 is 0 Å². The van der Waals surface area contributed by atoms with Crippen LogP contribution in [0.25, 0.3) is 0 Å². The molecule has 10 heavy (non-hydrogen) atoms. The summed E-state index contributed by atoms with van der Waals surface area (Å²) in [7, 11) is 0. The van der Waals surface area contributed by atoms with E-state index in [1.807, 2.05) is 0 Å². The Bertz CT molecular complexity index is 214. The highest BCUT2D eigenvalue weighted by Crippen LogP contribution is 2.25. The first-order valence-electron chi connectivity index (χ1n) is 3.75. The molecule has 0 radical (unpaired) electrons. The lowest BCUT2D eigenvalue weighted by molar-refractivity contribution is 1.24. The lowest BCUT2D eigenvalue weighted by atomic mass is 10.1. The predicted octanol–water partition coefficient (Wildman–Crippen LogP) is 3.23. The highest BCUT2D eigenvalue weighted by molar-refractivity contribution is 5.47. The Labute approximate surface area is 62.9 Å². The summed E-state index contributed by atoms with van der Waals surface area (Å²) < 4.78 is 0. The van der Waals surface area contributed by atoms with Crippen molar-refractivity contribution < 1.29 is 0 Å². The zero-order valence-electron chi connectivity index (χ0n) is 6.94. The number of allylic oxidation sites excluding steroid dienone is 6. The lowest BCUT2D eigenvalue weighted by Gasteiger charge is -1.97. The van der Waals surface area contributed by atoms with Gasteiger partial charge in [-0.25, -0.2) is 0 Å². The quantitative estimate of drug-likeness (QED) is 0.516. The maximum absolute atomic E-state index is 2.28. The summed E-state index contributed by atoms with van der Waals surface area (Å²) in [6.45, 7) is 6.43. The molecule has 54 valence electrons. The van der Waals surface area contributed by atoms with Gasteiger partial charge in [-0.05, 0) is 38.3 Å². The van der Waals surface area contributed by atoms with Gasteiger partial charge in [-0.2, -0.15) is 0 Å². The molecule has 0 spiro atoms. The topological polar surface area (TPSA) is 0 Å². The second-order valence-electron chi connectivity index (χ2n) is 2.79. The van der Waals surface area contributed by atoms with E-state index in [4.69, 9.17) is 0 Å². The highest BCUT2D eigenvalue weighted by Gasteiger charge is 2.06. The number of hydrogen-bond donors (Lipinski definition) is 0. The van der Waals surface area contributed by atoms with Crippen molar-refractivity contribution in [1.29, 1.82) is 0 Å². The van der Waals surface area contributed by atoms with Crippen LogP contribution in [0.15, 0.2) is 34.9 Å². The second-order valence-corrected chi connectivity index (χ2v) is 2.79. The average Bonchev–Trinajstić information content (AvgIpc) is 2.20. The summed E-state index contributed by atoms with van der Waals surface area (Å²) in [5.74, 6) is 0. The van der Waals surface area contributed by atoms with Crippen LogP contribution in [-0.4, -0.2) is 0 Å². The van der Waals surface area contributed by atoms with Crippen molar-refractivity contribution >= 4 is 0 Å². The predicted molar refractivity (Wildman–Crippen MR) is 45.9 cm³/mol. The van der Waals surface area contributed by atoms with Gasteiger partial charge in [-0.1, -0.05) is 23.8 Å².